The van der Waals surface area contributed by atoms with Crippen molar-refractivity contribution in [2.24, 2.45) is 12.8 Å². The van der Waals surface area contributed by atoms with Crippen molar-refractivity contribution in [2.75, 3.05) is 0 Å². The quantitative estimate of drug-likeness (QED) is 0.647. The first-order chi connectivity index (χ1) is 9.02. The summed E-state index contributed by atoms with van der Waals surface area (Å²) in [6.45, 7) is 3.18. The highest BCUT2D eigenvalue weighted by molar-refractivity contribution is 5.71. The topological polar surface area (TPSA) is 104 Å². The van der Waals surface area contributed by atoms with E-state index in [0.29, 0.717) is 5.69 Å². The molecule has 2 aromatic rings. The van der Waals surface area contributed by atoms with Crippen LogP contribution in [0.25, 0.3) is 0 Å². The van der Waals surface area contributed by atoms with Gasteiger partial charge in [0.1, 0.15) is 12.4 Å². The molecule has 1 atom stereocenters. The van der Waals surface area contributed by atoms with Gasteiger partial charge in [0.05, 0.1) is 25.9 Å². The first kappa shape index (κ1) is 14.9. The molecule has 0 saturated carbocycles. The van der Waals surface area contributed by atoms with Gasteiger partial charge in [0.15, 0.2) is 0 Å². The molecule has 0 aliphatic heterocycles. The molecule has 0 amide bonds. The molecule has 7 nitrogen and oxygen atoms in total. The number of carbonyl (C=O) groups excluding carboxylic acids is 1. The minimum Gasteiger partial charge on any atom is -0.548 e. The van der Waals surface area contributed by atoms with Crippen LogP contribution >= 0.6 is 0 Å². The fourth-order valence-electron chi connectivity index (χ4n) is 1.41. The predicted molar refractivity (Wildman–Crippen MR) is 66.6 cm³/mol. The van der Waals surface area contributed by atoms with Crippen molar-refractivity contribution in [3.8, 4) is 0 Å². The molecular weight excluding hydrogens is 246 g/mol. The number of carboxylic acids is 1. The zero-order chi connectivity index (χ0) is 14.3. The number of nitrogens with one attached hydrogen (secondary N) is 1. The number of carbonyl (C=O) groups is 1. The fourth-order valence-corrected chi connectivity index (χ4v) is 1.41. The van der Waals surface area contributed by atoms with Gasteiger partial charge in [-0.1, -0.05) is 0 Å². The molecule has 0 aliphatic rings. The number of imidazole rings is 2. The van der Waals surface area contributed by atoms with Gasteiger partial charge < -0.3 is 20.6 Å². The lowest BCUT2D eigenvalue weighted by atomic mass is 10.2. The summed E-state index contributed by atoms with van der Waals surface area (Å²) in [5.41, 5.74) is 5.89. The molecule has 2 aromatic heterocycles. The van der Waals surface area contributed by atoms with E-state index in [1.807, 2.05) is 17.8 Å². The molecule has 0 radical (unpaired) electrons. The monoisotopic (exact) mass is 265 g/mol. The normalized spacial score (nSPS) is 11.5. The van der Waals surface area contributed by atoms with Gasteiger partial charge >= 0.3 is 0 Å². The minimum atomic E-state index is -1.25. The molecule has 2 rings (SSSR count). The Morgan fingerprint density at radius 1 is 1.68 bits per heavy atom. The van der Waals surface area contributed by atoms with Gasteiger partial charge in [-0.05, 0) is 6.92 Å². The van der Waals surface area contributed by atoms with Crippen molar-refractivity contribution in [3.05, 3.63) is 36.9 Å². The van der Waals surface area contributed by atoms with Gasteiger partial charge in [0.25, 0.3) is 0 Å². The Morgan fingerprint density at radius 2 is 2.42 bits per heavy atom. The third kappa shape index (κ3) is 5.35. The molecule has 2 heterocycles. The van der Waals surface area contributed by atoms with Crippen LogP contribution in [0.15, 0.2) is 31.2 Å². The number of aromatic amines is 1. The second-order valence-electron chi connectivity index (χ2n) is 4.12. The molecule has 0 unspecified atom stereocenters. The van der Waals surface area contributed by atoms with Gasteiger partial charge in [-0.3, -0.25) is 0 Å². The maximum Gasteiger partial charge on any atom is 0.243 e. The zero-order valence-corrected chi connectivity index (χ0v) is 11.1. The second-order valence-corrected chi connectivity index (χ2v) is 4.12. The number of nitrogens with zero attached hydrogens (tertiary/aromatic N) is 3. The van der Waals surface area contributed by atoms with E-state index in [1.165, 1.54) is 12.5 Å². The Hall–Kier alpha value is -2.15. The van der Waals surface area contributed by atoms with Crippen molar-refractivity contribution >= 4 is 5.97 Å². The van der Waals surface area contributed by atoms with Gasteiger partial charge in [-0.15, -0.1) is 0 Å². The lowest BCUT2D eigenvalue weighted by molar-refractivity contribution is -0.671. The van der Waals surface area contributed by atoms with E-state index in [2.05, 4.69) is 34.0 Å². The van der Waals surface area contributed by atoms with Gasteiger partial charge in [-0.25, -0.2) is 14.1 Å². The number of aliphatic carboxylic acids is 1. The summed E-state index contributed by atoms with van der Waals surface area (Å²) in [7, 11) is 2.02. The van der Waals surface area contributed by atoms with Gasteiger partial charge in [0.2, 0.25) is 6.33 Å². The number of rotatable bonds is 4. The molecule has 0 spiro atoms. The van der Waals surface area contributed by atoms with Crippen LogP contribution < -0.4 is 15.4 Å². The largest absolute Gasteiger partial charge is 0.548 e. The number of aryl methyl sites for hydroxylation is 2. The average Bonchev–Trinajstić information content (AvgIpc) is 3.01. The highest BCUT2D eigenvalue weighted by Crippen LogP contribution is 1.94. The van der Waals surface area contributed by atoms with Crippen molar-refractivity contribution in [1.82, 2.24) is 14.5 Å². The van der Waals surface area contributed by atoms with E-state index < -0.39 is 12.0 Å². The molecule has 3 N–H and O–H groups in total. The Kier molecular flexibility index (Phi) is 5.74. The third-order valence-electron chi connectivity index (χ3n) is 2.49. The number of carboxylic acid groups (broad SMARTS) is 1. The Bertz CT molecular complexity index is 492. The van der Waals surface area contributed by atoms with E-state index in [0.717, 1.165) is 6.54 Å². The maximum absolute atomic E-state index is 10.2. The van der Waals surface area contributed by atoms with E-state index in [4.69, 9.17) is 5.73 Å². The molecule has 104 valence electrons. The highest BCUT2D eigenvalue weighted by atomic mass is 16.4. The van der Waals surface area contributed by atoms with Crippen LogP contribution in [0.1, 0.15) is 12.6 Å². The first-order valence-electron chi connectivity index (χ1n) is 5.97. The molecule has 0 aliphatic carbocycles. The lowest BCUT2D eigenvalue weighted by Gasteiger charge is -2.09. The number of hydrogen-bond donors (Lipinski definition) is 2. The Morgan fingerprint density at radius 3 is 2.79 bits per heavy atom. The summed E-state index contributed by atoms with van der Waals surface area (Å²) in [5.74, 6) is -1.25. The van der Waals surface area contributed by atoms with Crippen molar-refractivity contribution in [2.45, 2.75) is 25.9 Å². The Balaban J connectivity index is 0.000000200. The SMILES string of the molecule is CCn1cc[n+](C)c1.N[C@@H](Cc1cnc[nH]1)C(=O)[O-]. The maximum atomic E-state index is 10.2. The standard InChI is InChI=1S/C6H9N3O2.C6H11N2/c7-5(6(10)11)1-4-2-8-3-9-4;1-3-8-5-4-7(2)6-8/h2-3,5H,1,7H2,(H,8,9)(H,10,11);4-6H,3H2,1-2H3/q;+1/p-1/t5-;/m0./s1. The smallest absolute Gasteiger partial charge is 0.243 e. The number of nitrogens with two attached hydrogens (primary N) is 1. The van der Waals surface area contributed by atoms with Crippen LogP contribution in [0, 0.1) is 0 Å². The van der Waals surface area contributed by atoms with Gasteiger partial charge in [0, 0.05) is 24.4 Å². The first-order valence-corrected chi connectivity index (χ1v) is 5.97. The van der Waals surface area contributed by atoms with Crippen LogP contribution in [0.3, 0.4) is 0 Å². The molecule has 0 saturated heterocycles. The molecule has 0 bridgehead atoms. The van der Waals surface area contributed by atoms with Crippen LogP contribution in [0.4, 0.5) is 0 Å². The zero-order valence-electron chi connectivity index (χ0n) is 11.1. The predicted octanol–water partition coefficient (Wildman–Crippen LogP) is -1.64. The fraction of sp³-hybridized carbons (Fsp3) is 0.417. The van der Waals surface area contributed by atoms with Crippen molar-refractivity contribution in [1.29, 1.82) is 0 Å². The summed E-state index contributed by atoms with van der Waals surface area (Å²) in [4.78, 5) is 16.6. The third-order valence-corrected chi connectivity index (χ3v) is 2.49. The number of hydrogen-bond acceptors (Lipinski definition) is 4. The lowest BCUT2D eigenvalue weighted by Crippen LogP contribution is -2.43. The van der Waals surface area contributed by atoms with Gasteiger partial charge in [-0.2, -0.15) is 0 Å². The molecular formula is C12H19N5O2. The van der Waals surface area contributed by atoms with Crippen LogP contribution in [-0.2, 0) is 24.8 Å². The summed E-state index contributed by atoms with van der Waals surface area (Å²) >= 11 is 0. The van der Waals surface area contributed by atoms with Crippen LogP contribution in [0.5, 0.6) is 0 Å². The summed E-state index contributed by atoms with van der Waals surface area (Å²) in [6, 6.07) is -0.963. The second kappa shape index (κ2) is 7.32. The van der Waals surface area contributed by atoms with E-state index in [1.54, 1.807) is 0 Å². The number of aromatic nitrogens is 4. The Labute approximate surface area is 111 Å². The minimum absolute atomic E-state index is 0.225. The van der Waals surface area contributed by atoms with E-state index >= 15 is 0 Å². The number of H-pyrrole nitrogens is 1. The van der Waals surface area contributed by atoms with E-state index in [-0.39, 0.29) is 6.42 Å². The van der Waals surface area contributed by atoms with Crippen LogP contribution in [-0.4, -0.2) is 26.5 Å². The van der Waals surface area contributed by atoms with Crippen molar-refractivity contribution < 1.29 is 14.5 Å². The molecule has 19 heavy (non-hydrogen) atoms. The molecule has 7 heteroatoms. The summed E-state index contributed by atoms with van der Waals surface area (Å²) in [6.07, 6.45) is 9.37. The average molecular weight is 265 g/mol. The van der Waals surface area contributed by atoms with E-state index in [9.17, 15) is 9.90 Å². The summed E-state index contributed by atoms with van der Waals surface area (Å²) in [5, 5.41) is 10.2. The summed E-state index contributed by atoms with van der Waals surface area (Å²) < 4.78 is 4.16. The highest BCUT2D eigenvalue weighted by Gasteiger charge is 2.04. The molecule has 0 aromatic carbocycles. The van der Waals surface area contributed by atoms with Crippen LogP contribution in [0.2, 0.25) is 0 Å². The van der Waals surface area contributed by atoms with Crippen molar-refractivity contribution in [3.63, 3.8) is 0 Å². The molecule has 0 fully saturated rings.